The molecule has 0 amide bonds. The standard InChI is InChI=1S/C31H46N3O5S.HI/c1-9-10-11-12-16-37-30-29(32-40-33-30)25-14-13-15-34(8,20-25)23(4)38-27(36)19-31(6,7)28-22(3)17-21(2)18-26(28)39-24(5)35;/h14,17-18,23H,9-13,15-16,19-20H2,1-8H3;1H/q+1;/p-1. The van der Waals surface area contributed by atoms with Gasteiger partial charge in [0.05, 0.1) is 38.3 Å². The van der Waals surface area contributed by atoms with Crippen LogP contribution in [0.2, 0.25) is 0 Å². The van der Waals surface area contributed by atoms with E-state index in [1.165, 1.54) is 31.5 Å². The highest BCUT2D eigenvalue weighted by atomic mass is 127. The van der Waals surface area contributed by atoms with Gasteiger partial charge in [-0.15, -0.1) is 4.37 Å². The number of likely N-dealkylation sites (N-methyl/N-ethyl adjacent to an activating group) is 1. The largest absolute Gasteiger partial charge is 1.00 e. The van der Waals surface area contributed by atoms with E-state index in [2.05, 4.69) is 28.8 Å². The van der Waals surface area contributed by atoms with Gasteiger partial charge in [-0.3, -0.25) is 14.1 Å². The van der Waals surface area contributed by atoms with E-state index in [1.54, 1.807) is 0 Å². The molecule has 0 aliphatic carbocycles. The van der Waals surface area contributed by atoms with Crippen molar-refractivity contribution in [3.8, 4) is 11.6 Å². The number of carbonyl (C=O) groups excluding carboxylic acids is 2. The van der Waals surface area contributed by atoms with Crippen molar-refractivity contribution in [2.24, 2.45) is 0 Å². The quantitative estimate of drug-likeness (QED) is 0.104. The summed E-state index contributed by atoms with van der Waals surface area (Å²) in [7, 11) is 2.12. The van der Waals surface area contributed by atoms with Gasteiger partial charge in [-0.25, -0.2) is 0 Å². The molecule has 0 saturated heterocycles. The number of hydrogen-bond donors (Lipinski definition) is 0. The van der Waals surface area contributed by atoms with Crippen LogP contribution >= 0.6 is 11.7 Å². The lowest BCUT2D eigenvalue weighted by Gasteiger charge is -2.41. The number of carbonyl (C=O) groups is 2. The van der Waals surface area contributed by atoms with Crippen LogP contribution in [0.15, 0.2) is 18.2 Å². The zero-order valence-electron chi connectivity index (χ0n) is 25.8. The van der Waals surface area contributed by atoms with E-state index < -0.39 is 5.41 Å². The fourth-order valence-corrected chi connectivity index (χ4v) is 6.09. The molecular weight excluding hydrogens is 653 g/mol. The third-order valence-corrected chi connectivity index (χ3v) is 8.21. The van der Waals surface area contributed by atoms with E-state index in [4.69, 9.17) is 14.2 Å². The summed E-state index contributed by atoms with van der Waals surface area (Å²) in [6.07, 6.45) is 7.40. The van der Waals surface area contributed by atoms with E-state index in [-0.39, 0.29) is 48.6 Å². The molecule has 2 atom stereocenters. The minimum Gasteiger partial charge on any atom is -1.00 e. The SMILES string of the molecule is CCCCCCOc1nsnc1C1=CCC[N+](C)(C(C)OC(=O)CC(C)(C)c2c(C)cc(C)cc2OC(C)=O)C1.[I-]. The zero-order valence-corrected chi connectivity index (χ0v) is 28.8. The van der Waals surface area contributed by atoms with Crippen LogP contribution in [0.5, 0.6) is 11.6 Å². The summed E-state index contributed by atoms with van der Waals surface area (Å²) in [6.45, 7) is 15.6. The van der Waals surface area contributed by atoms with Crippen molar-refractivity contribution in [3.63, 3.8) is 0 Å². The predicted octanol–water partition coefficient (Wildman–Crippen LogP) is 3.53. The van der Waals surface area contributed by atoms with Crippen molar-refractivity contribution in [2.75, 3.05) is 26.7 Å². The van der Waals surface area contributed by atoms with Crippen LogP contribution in [-0.4, -0.2) is 58.1 Å². The maximum absolute atomic E-state index is 13.3. The Bertz CT molecular complexity index is 1230. The van der Waals surface area contributed by atoms with Gasteiger partial charge in [0.1, 0.15) is 18.0 Å². The van der Waals surface area contributed by atoms with E-state index in [1.807, 2.05) is 46.8 Å². The second-order valence-electron chi connectivity index (χ2n) is 11.9. The number of halogens is 1. The summed E-state index contributed by atoms with van der Waals surface area (Å²) >= 11 is 1.17. The number of hydrogen-bond acceptors (Lipinski definition) is 8. The predicted molar refractivity (Wildman–Crippen MR) is 158 cm³/mol. The summed E-state index contributed by atoms with van der Waals surface area (Å²) in [5.41, 5.74) is 4.11. The molecule has 1 aromatic carbocycles. The highest BCUT2D eigenvalue weighted by Crippen LogP contribution is 2.39. The van der Waals surface area contributed by atoms with Crippen LogP contribution in [0.3, 0.4) is 0 Å². The smallest absolute Gasteiger partial charge is 0.311 e. The van der Waals surface area contributed by atoms with E-state index in [0.29, 0.717) is 29.3 Å². The Morgan fingerprint density at radius 1 is 1.15 bits per heavy atom. The van der Waals surface area contributed by atoms with Crippen LogP contribution in [0.1, 0.15) is 95.5 Å². The van der Waals surface area contributed by atoms with Crippen LogP contribution in [0, 0.1) is 13.8 Å². The van der Waals surface area contributed by atoms with Crippen LogP contribution in [0.25, 0.3) is 5.57 Å². The Labute approximate surface area is 266 Å². The highest BCUT2D eigenvalue weighted by Gasteiger charge is 2.38. The first kappa shape index (κ1) is 35.1. The molecule has 0 radical (unpaired) electrons. The van der Waals surface area contributed by atoms with Gasteiger partial charge in [0, 0.05) is 36.8 Å². The molecule has 1 aliphatic heterocycles. The second kappa shape index (κ2) is 15.4. The number of aryl methyl sites for hydroxylation is 2. The Kier molecular flexibility index (Phi) is 13.2. The van der Waals surface area contributed by atoms with Gasteiger partial charge in [0.25, 0.3) is 5.88 Å². The first-order valence-electron chi connectivity index (χ1n) is 14.3. The maximum Gasteiger partial charge on any atom is 0.311 e. The molecule has 41 heavy (non-hydrogen) atoms. The number of aromatic nitrogens is 2. The Balaban J connectivity index is 0.00000588. The number of ether oxygens (including phenoxy) is 3. The monoisotopic (exact) mass is 699 g/mol. The van der Waals surface area contributed by atoms with Crippen molar-refractivity contribution >= 4 is 29.2 Å². The number of quaternary nitrogens is 1. The molecule has 228 valence electrons. The molecule has 1 aromatic heterocycles. The number of nitrogens with zero attached hydrogens (tertiary/aromatic N) is 3. The van der Waals surface area contributed by atoms with Gasteiger partial charge in [-0.1, -0.05) is 52.2 Å². The lowest BCUT2D eigenvalue weighted by Crippen LogP contribution is -3.00. The van der Waals surface area contributed by atoms with Crippen molar-refractivity contribution in [1.82, 2.24) is 8.75 Å². The molecule has 2 unspecified atom stereocenters. The number of esters is 2. The minimum atomic E-state index is -0.597. The molecule has 8 nitrogen and oxygen atoms in total. The molecule has 1 aliphatic rings. The fraction of sp³-hybridized carbons (Fsp3) is 0.613. The van der Waals surface area contributed by atoms with E-state index in [0.717, 1.165) is 53.8 Å². The summed E-state index contributed by atoms with van der Waals surface area (Å²) < 4.78 is 27.1. The maximum atomic E-state index is 13.3. The Hall–Kier alpha value is -2.05. The summed E-state index contributed by atoms with van der Waals surface area (Å²) in [5, 5.41) is 0. The topological polar surface area (TPSA) is 87.6 Å². The first-order valence-corrected chi connectivity index (χ1v) is 15.1. The van der Waals surface area contributed by atoms with E-state index in [9.17, 15) is 9.59 Å². The van der Waals surface area contributed by atoms with Crippen molar-refractivity contribution < 1.29 is 52.3 Å². The van der Waals surface area contributed by atoms with Gasteiger partial charge < -0.3 is 38.2 Å². The van der Waals surface area contributed by atoms with Gasteiger partial charge >= 0.3 is 11.9 Å². The molecule has 10 heteroatoms. The van der Waals surface area contributed by atoms with Crippen LogP contribution < -0.4 is 33.5 Å². The summed E-state index contributed by atoms with van der Waals surface area (Å²) in [5.74, 6) is 0.434. The molecule has 0 saturated carbocycles. The molecule has 0 bridgehead atoms. The highest BCUT2D eigenvalue weighted by molar-refractivity contribution is 6.99. The number of unbranched alkanes of at least 4 members (excludes halogenated alkanes) is 3. The lowest BCUT2D eigenvalue weighted by atomic mass is 9.78. The summed E-state index contributed by atoms with van der Waals surface area (Å²) in [4.78, 5) is 25.1. The molecule has 2 heterocycles. The molecule has 2 aromatic rings. The number of rotatable bonds is 13. The van der Waals surface area contributed by atoms with Gasteiger partial charge in [-0.05, 0) is 37.5 Å². The molecular formula is C31H46IN3O5S. The van der Waals surface area contributed by atoms with Gasteiger partial charge in [-0.2, -0.15) is 4.37 Å². The number of benzene rings is 1. The molecule has 0 N–H and O–H groups in total. The van der Waals surface area contributed by atoms with Gasteiger partial charge in [0.2, 0.25) is 6.23 Å². The Morgan fingerprint density at radius 3 is 2.56 bits per heavy atom. The van der Waals surface area contributed by atoms with Crippen molar-refractivity contribution in [1.29, 1.82) is 0 Å². The summed E-state index contributed by atoms with van der Waals surface area (Å²) in [6, 6.07) is 3.89. The third kappa shape index (κ3) is 9.47. The zero-order chi connectivity index (χ0) is 29.5. The van der Waals surface area contributed by atoms with Crippen molar-refractivity contribution in [3.05, 3.63) is 40.6 Å². The van der Waals surface area contributed by atoms with Crippen LogP contribution in [0.4, 0.5) is 0 Å². The molecule has 0 spiro atoms. The molecule has 0 fully saturated rings. The molecule has 3 rings (SSSR count). The average Bonchev–Trinajstić information content (AvgIpc) is 3.31. The second-order valence-corrected chi connectivity index (χ2v) is 12.4. The lowest BCUT2D eigenvalue weighted by molar-refractivity contribution is -0.944. The third-order valence-electron chi connectivity index (χ3n) is 7.70. The van der Waals surface area contributed by atoms with Gasteiger partial charge in [0.15, 0.2) is 0 Å². The van der Waals surface area contributed by atoms with E-state index >= 15 is 0 Å². The minimum absolute atomic E-state index is 0. The normalized spacial score (nSPS) is 17.7. The Morgan fingerprint density at radius 2 is 1.88 bits per heavy atom. The average molecular weight is 700 g/mol. The first-order chi connectivity index (χ1) is 18.9. The van der Waals surface area contributed by atoms with Crippen LogP contribution in [-0.2, 0) is 19.7 Å². The fourth-order valence-electron chi connectivity index (χ4n) is 5.56. The van der Waals surface area contributed by atoms with Crippen molar-refractivity contribution in [2.45, 2.75) is 98.6 Å².